The topological polar surface area (TPSA) is 30.5 Å². The van der Waals surface area contributed by atoms with E-state index < -0.39 is 0 Å². The van der Waals surface area contributed by atoms with Crippen molar-refractivity contribution in [1.82, 2.24) is 5.32 Å². The molecule has 2 heterocycles. The van der Waals surface area contributed by atoms with E-state index in [1.165, 1.54) is 5.56 Å². The molecule has 0 aliphatic carbocycles. The molecule has 1 N–H and O–H groups in total. The number of hydrogen-bond donors (Lipinski definition) is 1. The summed E-state index contributed by atoms with van der Waals surface area (Å²) >= 11 is 0. The summed E-state index contributed by atoms with van der Waals surface area (Å²) < 4.78 is 11.9. The second-order valence-electron chi connectivity index (χ2n) is 5.72. The Labute approximate surface area is 121 Å². The lowest BCUT2D eigenvalue weighted by Gasteiger charge is -2.32. The number of piperidine rings is 1. The smallest absolute Gasteiger partial charge is 0.0840 e. The Balaban J connectivity index is 1.42. The van der Waals surface area contributed by atoms with E-state index in [4.69, 9.17) is 9.47 Å². The van der Waals surface area contributed by atoms with Gasteiger partial charge in [0.15, 0.2) is 0 Å². The summed E-state index contributed by atoms with van der Waals surface area (Å²) in [6.07, 6.45) is 7.74. The predicted molar refractivity (Wildman–Crippen MR) is 80.6 cm³/mol. The number of nitrogens with one attached hydrogen (secondary N) is 1. The zero-order valence-corrected chi connectivity index (χ0v) is 11.9. The quantitative estimate of drug-likeness (QED) is 0.915. The molecule has 2 saturated heterocycles. The SMILES string of the molecule is C(=C\c1ccccc1)/COC1COC2(CCNCC2)C1. The van der Waals surface area contributed by atoms with Crippen molar-refractivity contribution in [2.75, 3.05) is 26.3 Å². The molecule has 2 aliphatic heterocycles. The van der Waals surface area contributed by atoms with Crippen LogP contribution in [0.5, 0.6) is 0 Å². The lowest BCUT2D eigenvalue weighted by Crippen LogP contribution is -2.41. The molecule has 0 radical (unpaired) electrons. The van der Waals surface area contributed by atoms with Crippen LogP contribution in [0.25, 0.3) is 6.08 Å². The number of ether oxygens (including phenoxy) is 2. The van der Waals surface area contributed by atoms with Gasteiger partial charge in [0.1, 0.15) is 0 Å². The zero-order valence-electron chi connectivity index (χ0n) is 11.9. The van der Waals surface area contributed by atoms with Crippen LogP contribution in [0, 0.1) is 0 Å². The Morgan fingerprint density at radius 1 is 1.25 bits per heavy atom. The molecule has 1 spiro atoms. The van der Waals surface area contributed by atoms with Crippen LogP contribution in [0.4, 0.5) is 0 Å². The molecule has 1 aromatic rings. The molecular weight excluding hydrogens is 250 g/mol. The Bertz CT molecular complexity index is 438. The second kappa shape index (κ2) is 6.53. The van der Waals surface area contributed by atoms with E-state index in [9.17, 15) is 0 Å². The van der Waals surface area contributed by atoms with Gasteiger partial charge in [0.05, 0.1) is 24.9 Å². The van der Waals surface area contributed by atoms with Crippen LogP contribution < -0.4 is 5.32 Å². The van der Waals surface area contributed by atoms with Crippen LogP contribution in [0.1, 0.15) is 24.8 Å². The molecule has 2 fully saturated rings. The summed E-state index contributed by atoms with van der Waals surface area (Å²) in [5, 5.41) is 3.39. The average Bonchev–Trinajstić information content (AvgIpc) is 2.88. The normalized spacial score (nSPS) is 25.5. The summed E-state index contributed by atoms with van der Waals surface area (Å²) in [7, 11) is 0. The second-order valence-corrected chi connectivity index (χ2v) is 5.72. The minimum absolute atomic E-state index is 0.0963. The highest BCUT2D eigenvalue weighted by Gasteiger charge is 2.41. The van der Waals surface area contributed by atoms with E-state index in [1.807, 2.05) is 18.2 Å². The van der Waals surface area contributed by atoms with Crippen LogP contribution in [0.3, 0.4) is 0 Å². The van der Waals surface area contributed by atoms with Crippen molar-refractivity contribution < 1.29 is 9.47 Å². The number of hydrogen-bond acceptors (Lipinski definition) is 3. The number of benzene rings is 1. The van der Waals surface area contributed by atoms with E-state index in [-0.39, 0.29) is 11.7 Å². The Kier molecular flexibility index (Phi) is 4.51. The summed E-state index contributed by atoms with van der Waals surface area (Å²) in [6, 6.07) is 10.3. The van der Waals surface area contributed by atoms with E-state index in [2.05, 4.69) is 29.6 Å². The fraction of sp³-hybridized carbons (Fsp3) is 0.529. The molecule has 1 unspecified atom stereocenters. The zero-order chi connectivity index (χ0) is 13.7. The maximum Gasteiger partial charge on any atom is 0.0840 e. The van der Waals surface area contributed by atoms with Gasteiger partial charge in [-0.1, -0.05) is 42.5 Å². The molecule has 0 saturated carbocycles. The fourth-order valence-electron chi connectivity index (χ4n) is 3.08. The molecule has 1 atom stereocenters. The van der Waals surface area contributed by atoms with Crippen LogP contribution in [-0.2, 0) is 9.47 Å². The van der Waals surface area contributed by atoms with E-state index in [0.29, 0.717) is 6.61 Å². The Morgan fingerprint density at radius 3 is 2.85 bits per heavy atom. The first-order chi connectivity index (χ1) is 9.86. The Morgan fingerprint density at radius 2 is 2.05 bits per heavy atom. The maximum absolute atomic E-state index is 6.02. The summed E-state index contributed by atoms with van der Waals surface area (Å²) in [5.41, 5.74) is 1.31. The van der Waals surface area contributed by atoms with Gasteiger partial charge < -0.3 is 14.8 Å². The van der Waals surface area contributed by atoms with Gasteiger partial charge in [-0.25, -0.2) is 0 Å². The van der Waals surface area contributed by atoms with Crippen molar-refractivity contribution in [3.8, 4) is 0 Å². The van der Waals surface area contributed by atoms with E-state index in [1.54, 1.807) is 0 Å². The van der Waals surface area contributed by atoms with Gasteiger partial charge in [-0.3, -0.25) is 0 Å². The van der Waals surface area contributed by atoms with Gasteiger partial charge >= 0.3 is 0 Å². The fourth-order valence-corrected chi connectivity index (χ4v) is 3.08. The first kappa shape index (κ1) is 13.8. The third kappa shape index (κ3) is 3.48. The van der Waals surface area contributed by atoms with Gasteiger partial charge in [0.25, 0.3) is 0 Å². The molecule has 20 heavy (non-hydrogen) atoms. The van der Waals surface area contributed by atoms with Gasteiger partial charge in [-0.15, -0.1) is 0 Å². The van der Waals surface area contributed by atoms with Crippen molar-refractivity contribution in [3.05, 3.63) is 42.0 Å². The molecule has 1 aromatic carbocycles. The first-order valence-electron chi connectivity index (χ1n) is 7.54. The van der Waals surface area contributed by atoms with Crippen molar-refractivity contribution in [3.63, 3.8) is 0 Å². The van der Waals surface area contributed by atoms with Crippen LogP contribution in [-0.4, -0.2) is 38.0 Å². The molecule has 0 aromatic heterocycles. The number of rotatable bonds is 4. The lowest BCUT2D eigenvalue weighted by atomic mass is 9.89. The third-order valence-corrected chi connectivity index (χ3v) is 4.23. The van der Waals surface area contributed by atoms with Crippen LogP contribution in [0.15, 0.2) is 36.4 Å². The molecule has 3 rings (SSSR count). The maximum atomic E-state index is 6.02. The molecule has 0 bridgehead atoms. The molecular formula is C17H23NO2. The van der Waals surface area contributed by atoms with Crippen LogP contribution in [0.2, 0.25) is 0 Å². The molecule has 3 heteroatoms. The van der Waals surface area contributed by atoms with Crippen molar-refractivity contribution in [1.29, 1.82) is 0 Å². The van der Waals surface area contributed by atoms with E-state index >= 15 is 0 Å². The molecule has 3 nitrogen and oxygen atoms in total. The lowest BCUT2D eigenvalue weighted by molar-refractivity contribution is -0.0225. The van der Waals surface area contributed by atoms with Crippen LogP contribution >= 0.6 is 0 Å². The minimum atomic E-state index is 0.0963. The first-order valence-corrected chi connectivity index (χ1v) is 7.54. The summed E-state index contributed by atoms with van der Waals surface area (Å²) in [5.74, 6) is 0. The molecule has 0 amide bonds. The van der Waals surface area contributed by atoms with E-state index in [0.717, 1.165) is 39.0 Å². The highest BCUT2D eigenvalue weighted by atomic mass is 16.6. The molecule has 2 aliphatic rings. The van der Waals surface area contributed by atoms with Gasteiger partial charge in [-0.2, -0.15) is 0 Å². The van der Waals surface area contributed by atoms with Gasteiger partial charge in [0, 0.05) is 6.42 Å². The standard InChI is InChI=1S/C17H23NO2/c1-2-5-15(6-3-1)7-4-12-19-16-13-17(20-14-16)8-10-18-11-9-17/h1-7,16,18H,8-14H2/b7-4+. The minimum Gasteiger partial charge on any atom is -0.372 e. The highest BCUT2D eigenvalue weighted by Crippen LogP contribution is 2.35. The monoisotopic (exact) mass is 273 g/mol. The largest absolute Gasteiger partial charge is 0.372 e. The predicted octanol–water partition coefficient (Wildman–Crippen LogP) is 2.63. The van der Waals surface area contributed by atoms with Gasteiger partial charge in [0.2, 0.25) is 0 Å². The Hall–Kier alpha value is -1.16. The average molecular weight is 273 g/mol. The van der Waals surface area contributed by atoms with Crippen molar-refractivity contribution in [2.45, 2.75) is 31.0 Å². The van der Waals surface area contributed by atoms with Crippen molar-refractivity contribution in [2.24, 2.45) is 0 Å². The third-order valence-electron chi connectivity index (χ3n) is 4.23. The molecule has 108 valence electrons. The van der Waals surface area contributed by atoms with Gasteiger partial charge in [-0.05, 0) is 31.5 Å². The summed E-state index contributed by atoms with van der Waals surface area (Å²) in [6.45, 7) is 3.55. The highest BCUT2D eigenvalue weighted by molar-refractivity contribution is 5.48. The summed E-state index contributed by atoms with van der Waals surface area (Å²) in [4.78, 5) is 0. The van der Waals surface area contributed by atoms with Crippen molar-refractivity contribution >= 4 is 6.08 Å².